The summed E-state index contributed by atoms with van der Waals surface area (Å²) in [6, 6.07) is 15.5. The summed E-state index contributed by atoms with van der Waals surface area (Å²) in [7, 11) is 3.22. The van der Waals surface area contributed by atoms with Gasteiger partial charge in [-0.05, 0) is 62.7 Å². The van der Waals surface area contributed by atoms with Crippen molar-refractivity contribution in [3.63, 3.8) is 0 Å². The van der Waals surface area contributed by atoms with Gasteiger partial charge in [0.1, 0.15) is 11.3 Å². The molecule has 7 heteroatoms. The Bertz CT molecular complexity index is 1310. The second-order valence-corrected chi connectivity index (χ2v) is 7.26. The van der Waals surface area contributed by atoms with Gasteiger partial charge < -0.3 is 13.9 Å². The van der Waals surface area contributed by atoms with Crippen molar-refractivity contribution < 1.29 is 13.9 Å². The van der Waals surface area contributed by atoms with Gasteiger partial charge in [0.15, 0.2) is 11.5 Å². The number of ether oxygens (including phenoxy) is 2. The lowest BCUT2D eigenvalue weighted by Gasteiger charge is -2.10. The second kappa shape index (κ2) is 8.47. The van der Waals surface area contributed by atoms with Crippen molar-refractivity contribution in [3.05, 3.63) is 70.8 Å². The van der Waals surface area contributed by atoms with E-state index in [2.05, 4.69) is 20.5 Å². The highest BCUT2D eigenvalue weighted by Gasteiger charge is 2.11. The van der Waals surface area contributed by atoms with Crippen molar-refractivity contribution in [2.45, 2.75) is 20.8 Å². The van der Waals surface area contributed by atoms with Crippen LogP contribution in [-0.2, 0) is 0 Å². The standard InChI is InChI=1S/C24H24N4O3/c1-14-6-8-18-19(27-28-24-25-15(2)11-16(3)26-24)13-21(31-22(18)10-14)17-7-9-20(29-4)23(12-17)30-5/h6-13H,1-5H3,(H,25,26,28)/b27-19+. The first-order valence-corrected chi connectivity index (χ1v) is 9.86. The third kappa shape index (κ3) is 4.35. The van der Waals surface area contributed by atoms with E-state index < -0.39 is 0 Å². The lowest BCUT2D eigenvalue weighted by Crippen LogP contribution is -2.09. The summed E-state index contributed by atoms with van der Waals surface area (Å²) in [5.41, 5.74) is 7.41. The fourth-order valence-electron chi connectivity index (χ4n) is 3.39. The van der Waals surface area contributed by atoms with Crippen LogP contribution in [0.4, 0.5) is 5.95 Å². The van der Waals surface area contributed by atoms with Gasteiger partial charge >= 0.3 is 0 Å². The highest BCUT2D eigenvalue weighted by Crippen LogP contribution is 2.32. The molecule has 0 spiro atoms. The number of anilines is 1. The van der Waals surface area contributed by atoms with Crippen LogP contribution in [0.3, 0.4) is 0 Å². The molecule has 0 amide bonds. The zero-order chi connectivity index (χ0) is 22.0. The Morgan fingerprint density at radius 3 is 2.29 bits per heavy atom. The fourth-order valence-corrected chi connectivity index (χ4v) is 3.39. The summed E-state index contributed by atoms with van der Waals surface area (Å²) in [5.74, 6) is 2.38. The zero-order valence-corrected chi connectivity index (χ0v) is 18.2. The van der Waals surface area contributed by atoms with Crippen LogP contribution in [0.15, 0.2) is 58.0 Å². The molecule has 2 aromatic carbocycles. The van der Waals surface area contributed by atoms with Crippen molar-refractivity contribution in [1.29, 1.82) is 0 Å². The van der Waals surface area contributed by atoms with Crippen LogP contribution in [0, 0.1) is 20.8 Å². The second-order valence-electron chi connectivity index (χ2n) is 7.26. The number of hydrogen-bond acceptors (Lipinski definition) is 7. The van der Waals surface area contributed by atoms with Crippen LogP contribution >= 0.6 is 0 Å². The Labute approximate surface area is 180 Å². The summed E-state index contributed by atoms with van der Waals surface area (Å²) in [6.45, 7) is 5.87. The number of aromatic nitrogens is 2. The van der Waals surface area contributed by atoms with Crippen LogP contribution in [0.1, 0.15) is 17.0 Å². The highest BCUT2D eigenvalue weighted by atomic mass is 16.5. The summed E-state index contributed by atoms with van der Waals surface area (Å²) in [6.07, 6.45) is 0. The van der Waals surface area contributed by atoms with Gasteiger partial charge in [-0.15, -0.1) is 0 Å². The molecule has 0 unspecified atom stereocenters. The molecule has 2 heterocycles. The molecule has 0 radical (unpaired) electrons. The lowest BCUT2D eigenvalue weighted by molar-refractivity contribution is 0.355. The van der Waals surface area contributed by atoms with Crippen LogP contribution in [0.5, 0.6) is 11.5 Å². The van der Waals surface area contributed by atoms with E-state index in [1.807, 2.05) is 69.3 Å². The average Bonchev–Trinajstić information content (AvgIpc) is 2.75. The number of fused-ring (bicyclic) bond motifs is 1. The molecule has 0 saturated heterocycles. The van der Waals surface area contributed by atoms with Crippen LogP contribution in [-0.4, -0.2) is 24.2 Å². The minimum absolute atomic E-state index is 0.450. The maximum Gasteiger partial charge on any atom is 0.243 e. The van der Waals surface area contributed by atoms with Gasteiger partial charge in [-0.25, -0.2) is 15.4 Å². The van der Waals surface area contributed by atoms with Gasteiger partial charge in [-0.3, -0.25) is 0 Å². The third-order valence-electron chi connectivity index (χ3n) is 4.83. The minimum Gasteiger partial charge on any atom is -0.493 e. The van der Waals surface area contributed by atoms with E-state index in [9.17, 15) is 0 Å². The summed E-state index contributed by atoms with van der Waals surface area (Å²) < 4.78 is 17.0. The summed E-state index contributed by atoms with van der Waals surface area (Å²) in [5, 5.41) is 6.19. The van der Waals surface area contributed by atoms with E-state index in [0.717, 1.165) is 33.5 Å². The Morgan fingerprint density at radius 1 is 0.839 bits per heavy atom. The van der Waals surface area contributed by atoms with E-state index >= 15 is 0 Å². The molecule has 4 rings (SSSR count). The van der Waals surface area contributed by atoms with Crippen molar-refractivity contribution in [2.24, 2.45) is 5.10 Å². The molecule has 158 valence electrons. The molecule has 0 aliphatic carbocycles. The molecule has 0 aliphatic rings. The van der Waals surface area contributed by atoms with Crippen molar-refractivity contribution in [1.82, 2.24) is 9.97 Å². The monoisotopic (exact) mass is 416 g/mol. The SMILES string of the molecule is COc1ccc(-c2c/c(=N\Nc3nc(C)cc(C)n3)c3ccc(C)cc3o2)cc1OC. The Morgan fingerprint density at radius 2 is 1.58 bits per heavy atom. The van der Waals surface area contributed by atoms with Crippen LogP contribution < -0.4 is 20.3 Å². The zero-order valence-electron chi connectivity index (χ0n) is 18.2. The average molecular weight is 416 g/mol. The maximum absolute atomic E-state index is 6.22. The van der Waals surface area contributed by atoms with Gasteiger partial charge in [0.25, 0.3) is 0 Å². The Kier molecular flexibility index (Phi) is 5.58. The molecule has 1 N–H and O–H groups in total. The fraction of sp³-hybridized carbons (Fsp3) is 0.208. The molecule has 31 heavy (non-hydrogen) atoms. The number of hydrogen-bond donors (Lipinski definition) is 1. The highest BCUT2D eigenvalue weighted by molar-refractivity contribution is 5.79. The molecular weight excluding hydrogens is 392 g/mol. The largest absolute Gasteiger partial charge is 0.493 e. The van der Waals surface area contributed by atoms with Crippen molar-refractivity contribution >= 4 is 16.9 Å². The quantitative estimate of drug-likeness (QED) is 0.473. The number of nitrogens with zero attached hydrogens (tertiary/aromatic N) is 3. The predicted octanol–water partition coefficient (Wildman–Crippen LogP) is 4.76. The molecule has 0 saturated carbocycles. The first-order chi connectivity index (χ1) is 15.0. The smallest absolute Gasteiger partial charge is 0.243 e. The molecular formula is C24H24N4O3. The lowest BCUT2D eigenvalue weighted by atomic mass is 10.1. The summed E-state index contributed by atoms with van der Waals surface area (Å²) >= 11 is 0. The van der Waals surface area contributed by atoms with Crippen molar-refractivity contribution in [3.8, 4) is 22.8 Å². The number of benzene rings is 2. The number of methoxy groups -OCH3 is 2. The van der Waals surface area contributed by atoms with E-state index in [1.165, 1.54) is 0 Å². The first kappa shape index (κ1) is 20.4. The van der Waals surface area contributed by atoms with Gasteiger partial charge in [-0.2, -0.15) is 5.10 Å². The number of nitrogens with one attached hydrogen (secondary N) is 1. The summed E-state index contributed by atoms with van der Waals surface area (Å²) in [4.78, 5) is 8.79. The van der Waals surface area contributed by atoms with Gasteiger partial charge in [-0.1, -0.05) is 6.07 Å². The third-order valence-corrected chi connectivity index (χ3v) is 4.83. The first-order valence-electron chi connectivity index (χ1n) is 9.86. The van der Waals surface area contributed by atoms with E-state index in [0.29, 0.717) is 28.6 Å². The molecule has 0 aliphatic heterocycles. The molecule has 7 nitrogen and oxygen atoms in total. The molecule has 0 fully saturated rings. The van der Waals surface area contributed by atoms with Gasteiger partial charge in [0.05, 0.1) is 19.6 Å². The molecule has 0 bridgehead atoms. The molecule has 4 aromatic rings. The minimum atomic E-state index is 0.450. The molecule has 0 atom stereocenters. The normalized spacial score (nSPS) is 11.6. The topological polar surface area (TPSA) is 81.8 Å². The van der Waals surface area contributed by atoms with Crippen molar-refractivity contribution in [2.75, 3.05) is 19.6 Å². The molecule has 2 aromatic heterocycles. The Hall–Kier alpha value is -3.87. The number of rotatable bonds is 5. The van der Waals surface area contributed by atoms with Crippen LogP contribution in [0.25, 0.3) is 22.3 Å². The Balaban J connectivity index is 1.87. The van der Waals surface area contributed by atoms with Crippen LogP contribution in [0.2, 0.25) is 0 Å². The maximum atomic E-state index is 6.22. The van der Waals surface area contributed by atoms with Gasteiger partial charge in [0.2, 0.25) is 5.95 Å². The predicted molar refractivity (Wildman–Crippen MR) is 120 cm³/mol. The van der Waals surface area contributed by atoms with E-state index in [1.54, 1.807) is 14.2 Å². The van der Waals surface area contributed by atoms with Gasteiger partial charge in [0, 0.05) is 28.4 Å². The van der Waals surface area contributed by atoms with E-state index in [4.69, 9.17) is 13.9 Å². The number of aryl methyl sites for hydroxylation is 3. The van der Waals surface area contributed by atoms with E-state index in [-0.39, 0.29) is 0 Å².